The molecule has 5 rings (SSSR count). The molecule has 2 bridgehead atoms. The summed E-state index contributed by atoms with van der Waals surface area (Å²) in [5.74, 6) is -1.63. The van der Waals surface area contributed by atoms with Crippen LogP contribution in [0.25, 0.3) is 16.7 Å². The summed E-state index contributed by atoms with van der Waals surface area (Å²) in [5.41, 5.74) is 6.17. The van der Waals surface area contributed by atoms with Crippen LogP contribution in [0.4, 0.5) is 8.78 Å². The number of fused-ring (bicyclic) bond motifs is 2. The Balaban J connectivity index is 1.61. The fourth-order valence-electron chi connectivity index (χ4n) is 4.26. The maximum atomic E-state index is 14.2. The van der Waals surface area contributed by atoms with Gasteiger partial charge in [-0.15, -0.1) is 0 Å². The first kappa shape index (κ1) is 17.3. The number of benzene rings is 2. The molecule has 0 heterocycles. The number of halogens is 2. The zero-order valence-electron chi connectivity index (χ0n) is 15.5. The zero-order valence-corrected chi connectivity index (χ0v) is 15.5. The maximum absolute atomic E-state index is 14.2. The van der Waals surface area contributed by atoms with Crippen LogP contribution in [-0.4, -0.2) is 6.10 Å². The summed E-state index contributed by atoms with van der Waals surface area (Å²) in [7, 11) is 0. The van der Waals surface area contributed by atoms with Crippen molar-refractivity contribution in [3.63, 3.8) is 0 Å². The van der Waals surface area contributed by atoms with Crippen molar-refractivity contribution in [2.24, 2.45) is 5.41 Å². The first-order chi connectivity index (χ1) is 12.3. The standard InChI is InChI=1S/C23H24F2O/c1-14(2)26-22-20(24)10-17(11-21(22)25)15-4-6-16(7-5-15)19-8-9-23(3)12-18(19)13-23/h4-7,10-11,14H,8-9,12-13H2,1-3H3. The monoisotopic (exact) mass is 354 g/mol. The van der Waals surface area contributed by atoms with Gasteiger partial charge in [0.25, 0.3) is 0 Å². The Kier molecular flexibility index (Phi) is 4.13. The Morgan fingerprint density at radius 1 is 0.923 bits per heavy atom. The van der Waals surface area contributed by atoms with E-state index in [1.165, 1.54) is 42.5 Å². The lowest BCUT2D eigenvalue weighted by atomic mass is 9.58. The number of hydrogen-bond donors (Lipinski definition) is 0. The van der Waals surface area contributed by atoms with E-state index in [9.17, 15) is 8.78 Å². The highest BCUT2D eigenvalue weighted by Gasteiger charge is 2.41. The van der Waals surface area contributed by atoms with Gasteiger partial charge in [-0.25, -0.2) is 8.78 Å². The van der Waals surface area contributed by atoms with Gasteiger partial charge in [0.1, 0.15) is 0 Å². The van der Waals surface area contributed by atoms with E-state index in [1.807, 2.05) is 12.1 Å². The second-order valence-corrected chi connectivity index (χ2v) is 8.26. The van der Waals surface area contributed by atoms with Gasteiger partial charge in [-0.3, -0.25) is 0 Å². The van der Waals surface area contributed by atoms with Gasteiger partial charge in [0.15, 0.2) is 17.4 Å². The van der Waals surface area contributed by atoms with Gasteiger partial charge in [0, 0.05) is 0 Å². The highest BCUT2D eigenvalue weighted by Crippen LogP contribution is 2.56. The Bertz CT molecular complexity index is 847. The van der Waals surface area contributed by atoms with Gasteiger partial charge in [-0.05, 0) is 79.3 Å². The van der Waals surface area contributed by atoms with Crippen LogP contribution in [0, 0.1) is 17.0 Å². The van der Waals surface area contributed by atoms with Gasteiger partial charge >= 0.3 is 0 Å². The minimum Gasteiger partial charge on any atom is -0.485 e. The lowest BCUT2D eigenvalue weighted by Gasteiger charge is -2.47. The third kappa shape index (κ3) is 3.04. The molecule has 3 heteroatoms. The third-order valence-corrected chi connectivity index (χ3v) is 5.60. The predicted octanol–water partition coefficient (Wildman–Crippen LogP) is 6.77. The van der Waals surface area contributed by atoms with Gasteiger partial charge in [0.05, 0.1) is 6.10 Å². The SMILES string of the molecule is CC(C)Oc1c(F)cc(-c2ccc(C3=C4CC(C)(CC3)C4)cc2)cc1F. The third-order valence-electron chi connectivity index (χ3n) is 5.60. The Labute approximate surface area is 153 Å². The van der Waals surface area contributed by atoms with Crippen LogP contribution in [0.5, 0.6) is 5.75 Å². The minimum absolute atomic E-state index is 0.275. The highest BCUT2D eigenvalue weighted by molar-refractivity contribution is 5.74. The largest absolute Gasteiger partial charge is 0.485 e. The minimum atomic E-state index is -0.663. The van der Waals surface area contributed by atoms with Gasteiger partial charge < -0.3 is 4.74 Å². The highest BCUT2D eigenvalue weighted by atomic mass is 19.1. The molecule has 3 aliphatic carbocycles. The molecule has 2 aromatic rings. The first-order valence-electron chi connectivity index (χ1n) is 9.32. The molecule has 0 aromatic heterocycles. The number of hydrogen-bond acceptors (Lipinski definition) is 1. The summed E-state index contributed by atoms with van der Waals surface area (Å²) in [6, 6.07) is 10.7. The van der Waals surface area contributed by atoms with Gasteiger partial charge in [-0.2, -0.15) is 0 Å². The lowest BCUT2D eigenvalue weighted by Crippen LogP contribution is -2.32. The molecule has 0 atom stereocenters. The van der Waals surface area contributed by atoms with Crippen molar-refractivity contribution in [1.29, 1.82) is 0 Å². The molecule has 0 radical (unpaired) electrons. The molecule has 0 spiro atoms. The van der Waals surface area contributed by atoms with E-state index in [0.29, 0.717) is 11.0 Å². The summed E-state index contributed by atoms with van der Waals surface area (Å²) in [6.07, 6.45) is 4.55. The number of rotatable bonds is 4. The molecule has 0 amide bonds. The van der Waals surface area contributed by atoms with E-state index >= 15 is 0 Å². The van der Waals surface area contributed by atoms with Crippen molar-refractivity contribution in [1.82, 2.24) is 0 Å². The maximum Gasteiger partial charge on any atom is 0.191 e. The van der Waals surface area contributed by atoms with E-state index in [-0.39, 0.29) is 11.9 Å². The van der Waals surface area contributed by atoms with Crippen molar-refractivity contribution < 1.29 is 13.5 Å². The van der Waals surface area contributed by atoms with Gasteiger partial charge in [0.2, 0.25) is 0 Å². The van der Waals surface area contributed by atoms with Crippen LogP contribution in [0.3, 0.4) is 0 Å². The molecule has 136 valence electrons. The molecule has 1 saturated carbocycles. The molecule has 26 heavy (non-hydrogen) atoms. The average molecular weight is 354 g/mol. The van der Waals surface area contributed by atoms with Crippen LogP contribution in [0.1, 0.15) is 52.0 Å². The normalized spacial score (nSPS) is 18.1. The van der Waals surface area contributed by atoms with Crippen LogP contribution >= 0.6 is 0 Å². The molecule has 2 aromatic carbocycles. The van der Waals surface area contributed by atoms with E-state index < -0.39 is 11.6 Å². The Morgan fingerprint density at radius 2 is 1.50 bits per heavy atom. The van der Waals surface area contributed by atoms with E-state index in [0.717, 1.165) is 12.0 Å². The summed E-state index contributed by atoms with van der Waals surface area (Å²) in [6.45, 7) is 5.86. The Hall–Kier alpha value is -2.16. The van der Waals surface area contributed by atoms with Crippen molar-refractivity contribution in [2.75, 3.05) is 0 Å². The molecular weight excluding hydrogens is 330 g/mol. The zero-order chi connectivity index (χ0) is 18.5. The van der Waals surface area contributed by atoms with E-state index in [2.05, 4.69) is 19.1 Å². The molecule has 0 saturated heterocycles. The number of ether oxygens (including phenoxy) is 1. The predicted molar refractivity (Wildman–Crippen MR) is 101 cm³/mol. The van der Waals surface area contributed by atoms with Crippen LogP contribution in [0.2, 0.25) is 0 Å². The molecular formula is C23H24F2O. The summed E-state index contributed by atoms with van der Waals surface area (Å²) >= 11 is 0. The smallest absolute Gasteiger partial charge is 0.191 e. The summed E-state index contributed by atoms with van der Waals surface area (Å²) in [4.78, 5) is 0. The van der Waals surface area contributed by atoms with E-state index in [1.54, 1.807) is 19.4 Å². The quantitative estimate of drug-likeness (QED) is 0.589. The lowest BCUT2D eigenvalue weighted by molar-refractivity contribution is 0.205. The fraction of sp³-hybridized carbons (Fsp3) is 0.391. The van der Waals surface area contributed by atoms with Crippen LogP contribution in [-0.2, 0) is 0 Å². The molecule has 3 aliphatic rings. The van der Waals surface area contributed by atoms with Gasteiger partial charge in [-0.1, -0.05) is 36.8 Å². The molecule has 0 aliphatic heterocycles. The second kappa shape index (κ2) is 6.22. The average Bonchev–Trinajstić information content (AvgIpc) is 2.57. The Morgan fingerprint density at radius 3 is 2.00 bits per heavy atom. The molecule has 0 N–H and O–H groups in total. The number of allylic oxidation sites excluding steroid dienone is 2. The van der Waals surface area contributed by atoms with E-state index in [4.69, 9.17) is 4.74 Å². The second-order valence-electron chi connectivity index (χ2n) is 8.26. The van der Waals surface area contributed by atoms with Crippen LogP contribution in [0.15, 0.2) is 42.0 Å². The molecule has 1 fully saturated rings. The fourth-order valence-corrected chi connectivity index (χ4v) is 4.26. The van der Waals surface area contributed by atoms with Crippen molar-refractivity contribution in [3.05, 3.63) is 59.2 Å². The summed E-state index contributed by atoms with van der Waals surface area (Å²) < 4.78 is 33.7. The topological polar surface area (TPSA) is 9.23 Å². The first-order valence-corrected chi connectivity index (χ1v) is 9.32. The van der Waals surface area contributed by atoms with Crippen molar-refractivity contribution in [2.45, 2.75) is 52.6 Å². The van der Waals surface area contributed by atoms with Crippen molar-refractivity contribution in [3.8, 4) is 16.9 Å². The van der Waals surface area contributed by atoms with Crippen molar-refractivity contribution >= 4 is 5.57 Å². The molecule has 0 unspecified atom stereocenters. The van der Waals surface area contributed by atoms with Crippen LogP contribution < -0.4 is 4.74 Å². The summed E-state index contributed by atoms with van der Waals surface area (Å²) in [5, 5.41) is 0. The molecule has 1 nitrogen and oxygen atoms in total.